The Kier molecular flexibility index (Phi) is 6.44. The van der Waals surface area contributed by atoms with Crippen molar-refractivity contribution in [1.82, 2.24) is 8.54 Å². The van der Waals surface area contributed by atoms with Crippen LogP contribution in [0.3, 0.4) is 0 Å². The number of hydrogen-bond acceptors (Lipinski definition) is 5. The van der Waals surface area contributed by atoms with E-state index in [0.29, 0.717) is 5.75 Å². The lowest BCUT2D eigenvalue weighted by atomic mass is 10.2. The third kappa shape index (κ3) is 4.60. The molecule has 0 amide bonds. The molecule has 0 bridgehead atoms. The molecule has 0 aliphatic rings. The maximum atomic E-state index is 13.0. The van der Waals surface area contributed by atoms with Crippen LogP contribution in [-0.4, -0.2) is 29.2 Å². The Bertz CT molecular complexity index is 1330. The molecule has 4 aromatic rings. The molecule has 7 nitrogen and oxygen atoms in total. The number of nitrogens with zero attached hydrogens (tertiary/aromatic N) is 2. The topological polar surface area (TPSA) is 87.4 Å². The Balaban J connectivity index is 0.000000858. The minimum Gasteiger partial charge on any atom is -0.491 e. The van der Waals surface area contributed by atoms with Crippen LogP contribution in [0.25, 0.3) is 16.6 Å². The zero-order chi connectivity index (χ0) is 22.6. The molecular weight excluding hydrogens is 416 g/mol. The van der Waals surface area contributed by atoms with Crippen molar-refractivity contribution in [2.45, 2.75) is 31.8 Å². The maximum Gasteiger partial charge on any atom is 0.373 e. The number of rotatable bonds is 5. The predicted molar refractivity (Wildman–Crippen MR) is 116 cm³/mol. The zero-order valence-electron chi connectivity index (χ0n) is 17.3. The predicted octanol–water partition coefficient (Wildman–Crippen LogP) is 4.18. The molecule has 2 aromatic carbocycles. The minimum atomic E-state index is -3.67. The first-order valence-corrected chi connectivity index (χ1v) is 11.0. The van der Waals surface area contributed by atoms with E-state index in [1.165, 1.54) is 3.97 Å². The van der Waals surface area contributed by atoms with Crippen molar-refractivity contribution in [3.63, 3.8) is 0 Å². The van der Waals surface area contributed by atoms with Gasteiger partial charge < -0.3 is 9.30 Å². The fourth-order valence-electron chi connectivity index (χ4n) is 3.31. The Morgan fingerprint density at radius 1 is 0.935 bits per heavy atom. The van der Waals surface area contributed by atoms with Gasteiger partial charge >= 0.3 is 6.15 Å². The van der Waals surface area contributed by atoms with Crippen LogP contribution in [0.2, 0.25) is 0 Å². The fourth-order valence-corrected chi connectivity index (χ4v) is 4.50. The van der Waals surface area contributed by atoms with E-state index in [1.54, 1.807) is 42.7 Å². The van der Waals surface area contributed by atoms with Gasteiger partial charge in [-0.05, 0) is 62.7 Å². The van der Waals surface area contributed by atoms with E-state index >= 15 is 0 Å². The molecular formula is C23H22N2O5S. The Labute approximate surface area is 180 Å². The molecule has 0 saturated heterocycles. The van der Waals surface area contributed by atoms with Crippen LogP contribution >= 0.6 is 0 Å². The zero-order valence-corrected chi connectivity index (χ0v) is 18.2. The van der Waals surface area contributed by atoms with E-state index in [1.807, 2.05) is 49.7 Å². The Hall–Kier alpha value is -3.61. The number of benzene rings is 2. The van der Waals surface area contributed by atoms with Gasteiger partial charge in [-0.3, -0.25) is 0 Å². The normalized spacial score (nSPS) is 11.1. The number of ether oxygens (including phenoxy) is 1. The fraction of sp³-hybridized carbons (Fsp3) is 0.174. The van der Waals surface area contributed by atoms with Crippen molar-refractivity contribution in [3.8, 4) is 11.4 Å². The highest BCUT2D eigenvalue weighted by molar-refractivity contribution is 7.90. The summed E-state index contributed by atoms with van der Waals surface area (Å²) in [6.45, 7) is 5.91. The molecule has 0 radical (unpaired) electrons. The third-order valence-electron chi connectivity index (χ3n) is 4.61. The van der Waals surface area contributed by atoms with Crippen molar-refractivity contribution >= 4 is 27.1 Å². The largest absolute Gasteiger partial charge is 0.491 e. The van der Waals surface area contributed by atoms with Gasteiger partial charge in [0.25, 0.3) is 10.0 Å². The Morgan fingerprint density at radius 3 is 2.23 bits per heavy atom. The molecule has 0 spiro atoms. The molecule has 31 heavy (non-hydrogen) atoms. The molecule has 8 heteroatoms. The number of aryl methyl sites for hydroxylation is 1. The summed E-state index contributed by atoms with van der Waals surface area (Å²) in [5.74, 6) is 0.649. The van der Waals surface area contributed by atoms with Crippen LogP contribution in [0.15, 0.2) is 78.1 Å². The summed E-state index contributed by atoms with van der Waals surface area (Å²) in [5, 5.41) is 1.15. The third-order valence-corrected chi connectivity index (χ3v) is 6.26. The summed E-state index contributed by atoms with van der Waals surface area (Å²) in [4.78, 5) is 16.5. The quantitative estimate of drug-likeness (QED) is 0.466. The second-order valence-corrected chi connectivity index (χ2v) is 8.97. The van der Waals surface area contributed by atoms with E-state index < -0.39 is 10.0 Å². The van der Waals surface area contributed by atoms with Gasteiger partial charge in [-0.25, -0.2) is 12.4 Å². The van der Waals surface area contributed by atoms with Crippen LogP contribution in [0.5, 0.6) is 5.75 Å². The first-order valence-electron chi connectivity index (χ1n) is 9.54. The highest BCUT2D eigenvalue weighted by Gasteiger charge is 2.18. The van der Waals surface area contributed by atoms with E-state index in [4.69, 9.17) is 14.3 Å². The van der Waals surface area contributed by atoms with Crippen LogP contribution in [0, 0.1) is 6.92 Å². The Morgan fingerprint density at radius 2 is 1.58 bits per heavy atom. The van der Waals surface area contributed by atoms with Crippen molar-refractivity contribution in [2.75, 3.05) is 0 Å². The second kappa shape index (κ2) is 9.04. The smallest absolute Gasteiger partial charge is 0.373 e. The number of para-hydroxylation sites is 1. The summed E-state index contributed by atoms with van der Waals surface area (Å²) in [5.41, 5.74) is 2.99. The summed E-state index contributed by atoms with van der Waals surface area (Å²) in [6.07, 6.45) is 5.52. The molecule has 2 aromatic heterocycles. The number of hydrogen-bond donors (Lipinski definition) is 0. The van der Waals surface area contributed by atoms with E-state index in [9.17, 15) is 8.42 Å². The number of aromatic nitrogens is 2. The average Bonchev–Trinajstić information content (AvgIpc) is 3.35. The second-order valence-electron chi connectivity index (χ2n) is 7.13. The maximum absolute atomic E-state index is 13.0. The summed E-state index contributed by atoms with van der Waals surface area (Å²) >= 11 is 0. The van der Waals surface area contributed by atoms with Gasteiger partial charge in [0.2, 0.25) is 0 Å². The number of carbonyl (C=O) groups excluding carboxylic acids is 2. The number of fused-ring (bicyclic) bond motifs is 1. The molecule has 0 fully saturated rings. The van der Waals surface area contributed by atoms with Crippen molar-refractivity contribution in [1.29, 1.82) is 0 Å². The summed E-state index contributed by atoms with van der Waals surface area (Å²) in [6, 6.07) is 16.4. The standard InChI is InChI=1S/C22H22N2O3S.CO2/c1-16(2)27-19-8-10-20(11-9-19)28(25,26)23-13-12-18(15-23)24-14-17(3)21-6-4-5-7-22(21)24;2-1-3/h4-16H,1-3H3;. The lowest BCUT2D eigenvalue weighted by Gasteiger charge is -2.10. The molecule has 2 heterocycles. The molecule has 0 unspecified atom stereocenters. The van der Waals surface area contributed by atoms with Gasteiger partial charge in [0.1, 0.15) is 5.75 Å². The van der Waals surface area contributed by atoms with Crippen LogP contribution in [0.4, 0.5) is 0 Å². The van der Waals surface area contributed by atoms with Gasteiger partial charge in [0.15, 0.2) is 0 Å². The SMILES string of the molecule is Cc1cn(-c2ccn(S(=O)(=O)c3ccc(OC(C)C)cc3)c2)c2ccccc12.O=C=O. The first kappa shape index (κ1) is 22.1. The summed E-state index contributed by atoms with van der Waals surface area (Å²) in [7, 11) is -3.67. The van der Waals surface area contributed by atoms with Gasteiger partial charge in [-0.15, -0.1) is 0 Å². The van der Waals surface area contributed by atoms with E-state index in [-0.39, 0.29) is 17.2 Å². The van der Waals surface area contributed by atoms with E-state index in [0.717, 1.165) is 22.2 Å². The molecule has 0 atom stereocenters. The first-order chi connectivity index (χ1) is 14.8. The van der Waals surface area contributed by atoms with Crippen LogP contribution in [-0.2, 0) is 19.6 Å². The molecule has 160 valence electrons. The molecule has 0 aliphatic heterocycles. The van der Waals surface area contributed by atoms with Gasteiger partial charge in [0.05, 0.1) is 22.2 Å². The van der Waals surface area contributed by atoms with Crippen LogP contribution < -0.4 is 4.74 Å². The van der Waals surface area contributed by atoms with E-state index in [2.05, 4.69) is 6.07 Å². The lowest BCUT2D eigenvalue weighted by Crippen LogP contribution is -2.11. The van der Waals surface area contributed by atoms with Gasteiger partial charge in [0, 0.05) is 24.0 Å². The highest BCUT2D eigenvalue weighted by atomic mass is 32.2. The van der Waals surface area contributed by atoms with Crippen molar-refractivity contribution in [2.24, 2.45) is 0 Å². The lowest BCUT2D eigenvalue weighted by molar-refractivity contribution is -0.191. The van der Waals surface area contributed by atoms with Gasteiger partial charge in [-0.2, -0.15) is 9.59 Å². The summed E-state index contributed by atoms with van der Waals surface area (Å²) < 4.78 is 34.8. The van der Waals surface area contributed by atoms with Gasteiger partial charge in [-0.1, -0.05) is 18.2 Å². The molecule has 0 N–H and O–H groups in total. The molecule has 0 saturated carbocycles. The van der Waals surface area contributed by atoms with Crippen molar-refractivity contribution in [3.05, 3.63) is 78.8 Å². The monoisotopic (exact) mass is 438 g/mol. The minimum absolute atomic E-state index is 0.0364. The molecule has 0 aliphatic carbocycles. The average molecular weight is 439 g/mol. The van der Waals surface area contributed by atoms with Crippen LogP contribution in [0.1, 0.15) is 19.4 Å². The highest BCUT2D eigenvalue weighted by Crippen LogP contribution is 2.26. The molecule has 4 rings (SSSR count). The van der Waals surface area contributed by atoms with Crippen molar-refractivity contribution < 1.29 is 22.7 Å².